The molecule has 2 aromatic carbocycles. The highest BCUT2D eigenvalue weighted by molar-refractivity contribution is 9.10. The van der Waals surface area contributed by atoms with Gasteiger partial charge < -0.3 is 4.74 Å². The quantitative estimate of drug-likeness (QED) is 0.483. The minimum absolute atomic E-state index is 0.414. The number of ether oxygens (including phenoxy) is 1. The Morgan fingerprint density at radius 3 is 2.15 bits per heavy atom. The highest BCUT2D eigenvalue weighted by Gasteiger charge is 2.13. The number of rotatable bonds is 3. The molecule has 0 fully saturated rings. The van der Waals surface area contributed by atoms with Gasteiger partial charge in [-0.1, -0.05) is 15.9 Å². The van der Waals surface area contributed by atoms with Crippen LogP contribution in [0.15, 0.2) is 40.9 Å². The molecule has 0 unspecified atom stereocenters. The Morgan fingerprint density at radius 1 is 1.10 bits per heavy atom. The van der Waals surface area contributed by atoms with E-state index in [0.717, 1.165) is 21.9 Å². The number of hydrogen-bond acceptors (Lipinski definition) is 3. The van der Waals surface area contributed by atoms with Crippen LogP contribution in [0.2, 0.25) is 0 Å². The van der Waals surface area contributed by atoms with Crippen molar-refractivity contribution in [2.45, 2.75) is 13.8 Å². The molecule has 0 saturated heterocycles. The fraction of sp³-hybridized carbons (Fsp3) is 0.125. The van der Waals surface area contributed by atoms with Crippen LogP contribution < -0.4 is 4.74 Å². The van der Waals surface area contributed by atoms with Crippen LogP contribution in [0.5, 0.6) is 5.75 Å². The third-order valence-electron chi connectivity index (χ3n) is 2.89. The molecule has 102 valence electrons. The van der Waals surface area contributed by atoms with Crippen LogP contribution in [-0.4, -0.2) is 12.3 Å². The van der Waals surface area contributed by atoms with Crippen molar-refractivity contribution in [1.29, 1.82) is 0 Å². The maximum atomic E-state index is 12.1. The number of esters is 1. The minimum atomic E-state index is -0.414. The molecule has 0 heterocycles. The average molecular weight is 333 g/mol. The number of halogens is 1. The van der Waals surface area contributed by atoms with E-state index in [0.29, 0.717) is 16.9 Å². The van der Waals surface area contributed by atoms with Crippen molar-refractivity contribution in [1.82, 2.24) is 0 Å². The van der Waals surface area contributed by atoms with Gasteiger partial charge in [0.25, 0.3) is 0 Å². The predicted molar refractivity (Wildman–Crippen MR) is 80.4 cm³/mol. The third-order valence-corrected chi connectivity index (χ3v) is 3.42. The zero-order valence-electron chi connectivity index (χ0n) is 11.1. The van der Waals surface area contributed by atoms with Gasteiger partial charge in [0, 0.05) is 10.0 Å². The van der Waals surface area contributed by atoms with Crippen LogP contribution in [0.3, 0.4) is 0 Å². The van der Waals surface area contributed by atoms with Gasteiger partial charge in [-0.3, -0.25) is 4.79 Å². The van der Waals surface area contributed by atoms with E-state index in [1.165, 1.54) is 0 Å². The lowest BCUT2D eigenvalue weighted by molar-refractivity contribution is 0.0732. The van der Waals surface area contributed by atoms with Gasteiger partial charge in [-0.2, -0.15) is 0 Å². The van der Waals surface area contributed by atoms with Gasteiger partial charge in [-0.05, 0) is 61.4 Å². The van der Waals surface area contributed by atoms with Gasteiger partial charge in [0.15, 0.2) is 0 Å². The van der Waals surface area contributed by atoms with E-state index in [1.807, 2.05) is 13.8 Å². The summed E-state index contributed by atoms with van der Waals surface area (Å²) in [5, 5.41) is 0. The molecule has 0 aliphatic rings. The van der Waals surface area contributed by atoms with E-state index < -0.39 is 5.97 Å². The molecule has 0 amide bonds. The average Bonchev–Trinajstić information content (AvgIpc) is 2.43. The summed E-state index contributed by atoms with van der Waals surface area (Å²) < 4.78 is 6.33. The molecule has 0 aliphatic heterocycles. The van der Waals surface area contributed by atoms with Crippen molar-refractivity contribution < 1.29 is 14.3 Å². The molecule has 4 heteroatoms. The fourth-order valence-corrected chi connectivity index (χ4v) is 2.21. The minimum Gasteiger partial charge on any atom is -0.422 e. The summed E-state index contributed by atoms with van der Waals surface area (Å²) in [5.41, 5.74) is 2.57. The fourth-order valence-electron chi connectivity index (χ4n) is 1.95. The largest absolute Gasteiger partial charge is 0.422 e. The molecular weight excluding hydrogens is 320 g/mol. The first-order valence-electron chi connectivity index (χ1n) is 6.05. The van der Waals surface area contributed by atoms with Crippen molar-refractivity contribution in [2.75, 3.05) is 0 Å². The maximum absolute atomic E-state index is 12.1. The summed E-state index contributed by atoms with van der Waals surface area (Å²) in [6, 6.07) is 10.3. The normalized spacial score (nSPS) is 10.2. The van der Waals surface area contributed by atoms with Crippen LogP contribution >= 0.6 is 15.9 Å². The second-order valence-electron chi connectivity index (χ2n) is 4.50. The van der Waals surface area contributed by atoms with E-state index in [4.69, 9.17) is 4.74 Å². The number of carbonyl (C=O) groups is 2. The molecule has 2 rings (SSSR count). The second-order valence-corrected chi connectivity index (χ2v) is 5.41. The molecule has 0 aromatic heterocycles. The Morgan fingerprint density at radius 2 is 1.65 bits per heavy atom. The summed E-state index contributed by atoms with van der Waals surface area (Å²) in [5.74, 6) is 0.0890. The number of aldehydes is 1. The van der Waals surface area contributed by atoms with Gasteiger partial charge >= 0.3 is 5.97 Å². The Bertz CT molecular complexity index is 637. The van der Waals surface area contributed by atoms with Gasteiger partial charge in [0.2, 0.25) is 0 Å². The molecule has 0 aliphatic carbocycles. The predicted octanol–water partition coefficient (Wildman–Crippen LogP) is 4.10. The van der Waals surface area contributed by atoms with E-state index >= 15 is 0 Å². The highest BCUT2D eigenvalue weighted by atomic mass is 79.9. The van der Waals surface area contributed by atoms with Crippen molar-refractivity contribution in [2.24, 2.45) is 0 Å². The van der Waals surface area contributed by atoms with E-state index in [-0.39, 0.29) is 0 Å². The molecule has 0 bridgehead atoms. The zero-order valence-corrected chi connectivity index (χ0v) is 12.7. The smallest absolute Gasteiger partial charge is 0.343 e. The van der Waals surface area contributed by atoms with Crippen LogP contribution in [0, 0.1) is 13.8 Å². The Balaban J connectivity index is 2.28. The maximum Gasteiger partial charge on any atom is 0.343 e. The van der Waals surface area contributed by atoms with Gasteiger partial charge in [-0.25, -0.2) is 4.79 Å². The number of hydrogen-bond donors (Lipinski definition) is 0. The van der Waals surface area contributed by atoms with Crippen molar-refractivity contribution >= 4 is 28.2 Å². The molecule has 3 nitrogen and oxygen atoms in total. The van der Waals surface area contributed by atoms with E-state index in [1.54, 1.807) is 36.4 Å². The summed E-state index contributed by atoms with van der Waals surface area (Å²) in [7, 11) is 0. The molecule has 0 atom stereocenters. The van der Waals surface area contributed by atoms with Crippen molar-refractivity contribution in [3.63, 3.8) is 0 Å². The molecular formula is C16H13BrO3. The molecule has 0 saturated carbocycles. The number of benzene rings is 2. The Kier molecular flexibility index (Phi) is 4.35. The van der Waals surface area contributed by atoms with Crippen LogP contribution in [0.25, 0.3) is 0 Å². The first-order valence-corrected chi connectivity index (χ1v) is 6.84. The second kappa shape index (κ2) is 6.01. The zero-order chi connectivity index (χ0) is 14.7. The van der Waals surface area contributed by atoms with Crippen molar-refractivity contribution in [3.05, 3.63) is 63.1 Å². The van der Waals surface area contributed by atoms with Crippen molar-refractivity contribution in [3.8, 4) is 5.75 Å². The summed E-state index contributed by atoms with van der Waals surface area (Å²) in [6.07, 6.45) is 0.778. The van der Waals surface area contributed by atoms with Crippen LogP contribution in [0.4, 0.5) is 0 Å². The van der Waals surface area contributed by atoms with Gasteiger partial charge in [0.1, 0.15) is 12.0 Å². The molecule has 20 heavy (non-hydrogen) atoms. The standard InChI is InChI=1S/C16H13BrO3/c1-10-7-12(9-18)8-11(2)15(10)20-16(19)13-3-5-14(17)6-4-13/h3-9H,1-2H3. The first-order chi connectivity index (χ1) is 9.51. The van der Waals surface area contributed by atoms with Gasteiger partial charge in [-0.15, -0.1) is 0 Å². The summed E-state index contributed by atoms with van der Waals surface area (Å²) in [6.45, 7) is 3.62. The lowest BCUT2D eigenvalue weighted by atomic mass is 10.1. The van der Waals surface area contributed by atoms with E-state index in [9.17, 15) is 9.59 Å². The molecule has 2 aromatic rings. The lowest BCUT2D eigenvalue weighted by Crippen LogP contribution is -2.10. The number of carbonyl (C=O) groups excluding carboxylic acids is 2. The van der Waals surface area contributed by atoms with Crippen LogP contribution in [0.1, 0.15) is 31.8 Å². The molecule has 0 radical (unpaired) electrons. The molecule has 0 spiro atoms. The SMILES string of the molecule is Cc1cc(C=O)cc(C)c1OC(=O)c1ccc(Br)cc1. The monoisotopic (exact) mass is 332 g/mol. The van der Waals surface area contributed by atoms with Gasteiger partial charge in [0.05, 0.1) is 5.56 Å². The van der Waals surface area contributed by atoms with E-state index in [2.05, 4.69) is 15.9 Å². The topological polar surface area (TPSA) is 43.4 Å². The summed E-state index contributed by atoms with van der Waals surface area (Å²) >= 11 is 3.32. The molecule has 0 N–H and O–H groups in total. The summed E-state index contributed by atoms with van der Waals surface area (Å²) in [4.78, 5) is 22.9. The number of aryl methyl sites for hydroxylation is 2. The Hall–Kier alpha value is -1.94. The van der Waals surface area contributed by atoms with Crippen LogP contribution in [-0.2, 0) is 0 Å². The first kappa shape index (κ1) is 14.5. The third kappa shape index (κ3) is 3.14. The highest BCUT2D eigenvalue weighted by Crippen LogP contribution is 2.25. The lowest BCUT2D eigenvalue weighted by Gasteiger charge is -2.11. The Labute approximate surface area is 125 Å².